The molecule has 1 aliphatic rings. The van der Waals surface area contributed by atoms with Crippen LogP contribution in [0.1, 0.15) is 59.8 Å². The highest BCUT2D eigenvalue weighted by Crippen LogP contribution is 2.37. The van der Waals surface area contributed by atoms with Gasteiger partial charge in [-0.3, -0.25) is 0 Å². The molecular formula is C14H26N2. The minimum atomic E-state index is 0.244. The molecule has 0 heterocycles. The maximum atomic E-state index is 8.62. The zero-order chi connectivity index (χ0) is 12.2. The molecule has 92 valence electrons. The quantitative estimate of drug-likeness (QED) is 0.773. The van der Waals surface area contributed by atoms with E-state index in [4.69, 9.17) is 5.26 Å². The van der Waals surface area contributed by atoms with Crippen molar-refractivity contribution in [3.05, 3.63) is 0 Å². The minimum Gasteiger partial charge on any atom is -0.313 e. The second-order valence-corrected chi connectivity index (χ2v) is 6.64. The molecule has 1 N–H and O–H groups in total. The van der Waals surface area contributed by atoms with Gasteiger partial charge in [0.1, 0.15) is 0 Å². The van der Waals surface area contributed by atoms with Gasteiger partial charge in [-0.15, -0.1) is 0 Å². The molecule has 1 unspecified atom stereocenters. The van der Waals surface area contributed by atoms with Crippen LogP contribution in [0.5, 0.6) is 0 Å². The number of nitrogens with one attached hydrogen (secondary N) is 1. The summed E-state index contributed by atoms with van der Waals surface area (Å²) in [6.45, 7) is 10.3. The Morgan fingerprint density at radius 2 is 2.12 bits per heavy atom. The average molecular weight is 222 g/mol. The monoisotopic (exact) mass is 222 g/mol. The van der Waals surface area contributed by atoms with E-state index in [0.717, 1.165) is 13.0 Å². The number of rotatable bonds is 5. The molecule has 0 spiro atoms. The maximum absolute atomic E-state index is 8.62. The van der Waals surface area contributed by atoms with Crippen molar-refractivity contribution in [3.63, 3.8) is 0 Å². The fourth-order valence-electron chi connectivity index (χ4n) is 2.59. The Labute approximate surface area is 100 Å². The van der Waals surface area contributed by atoms with Gasteiger partial charge >= 0.3 is 0 Å². The first-order valence-corrected chi connectivity index (χ1v) is 6.48. The Kier molecular flexibility index (Phi) is 4.38. The summed E-state index contributed by atoms with van der Waals surface area (Å²) in [5.41, 5.74) is 0.694. The van der Waals surface area contributed by atoms with Crippen molar-refractivity contribution in [1.82, 2.24) is 5.32 Å². The molecule has 1 atom stereocenters. The summed E-state index contributed by atoms with van der Waals surface area (Å²) in [4.78, 5) is 0. The molecule has 0 aromatic rings. The van der Waals surface area contributed by atoms with E-state index in [9.17, 15) is 0 Å². The zero-order valence-electron chi connectivity index (χ0n) is 11.3. The molecule has 1 rings (SSSR count). The van der Waals surface area contributed by atoms with Crippen LogP contribution in [0.25, 0.3) is 0 Å². The normalized spacial score (nSPS) is 24.3. The van der Waals surface area contributed by atoms with Crippen molar-refractivity contribution in [3.8, 4) is 6.07 Å². The Morgan fingerprint density at radius 3 is 2.62 bits per heavy atom. The fraction of sp³-hybridized carbons (Fsp3) is 0.929. The van der Waals surface area contributed by atoms with Gasteiger partial charge in [0.2, 0.25) is 0 Å². The van der Waals surface area contributed by atoms with E-state index in [1.807, 2.05) is 0 Å². The van der Waals surface area contributed by atoms with Crippen LogP contribution >= 0.6 is 0 Å². The molecule has 1 aliphatic carbocycles. The van der Waals surface area contributed by atoms with Gasteiger partial charge in [-0.2, -0.15) is 5.26 Å². The lowest BCUT2D eigenvalue weighted by atomic mass is 9.84. The minimum absolute atomic E-state index is 0.244. The first-order valence-electron chi connectivity index (χ1n) is 6.48. The van der Waals surface area contributed by atoms with Crippen LogP contribution in [0.15, 0.2) is 0 Å². The number of hydrogen-bond acceptors (Lipinski definition) is 2. The summed E-state index contributed by atoms with van der Waals surface area (Å²) in [6.07, 6.45) is 5.65. The molecule has 0 aromatic carbocycles. The van der Waals surface area contributed by atoms with E-state index < -0.39 is 0 Å². The van der Waals surface area contributed by atoms with Gasteiger partial charge in [-0.05, 0) is 30.1 Å². The van der Waals surface area contributed by atoms with Crippen LogP contribution in [0.4, 0.5) is 0 Å². The first kappa shape index (κ1) is 13.5. The third kappa shape index (κ3) is 3.79. The van der Waals surface area contributed by atoms with Crippen LogP contribution in [-0.2, 0) is 0 Å². The summed E-state index contributed by atoms with van der Waals surface area (Å²) >= 11 is 0. The van der Waals surface area contributed by atoms with Gasteiger partial charge in [-0.25, -0.2) is 0 Å². The smallest absolute Gasteiger partial charge is 0.0621 e. The van der Waals surface area contributed by atoms with Gasteiger partial charge in [-0.1, -0.05) is 34.1 Å². The van der Waals surface area contributed by atoms with Crippen molar-refractivity contribution in [2.24, 2.45) is 10.8 Å². The highest BCUT2D eigenvalue weighted by molar-refractivity contribution is 4.91. The standard InChI is InChI=1S/C14H26N2/c1-13(2,8-6-10-15)11-16-12-7-5-9-14(12,3)4/h12,16H,5-9,11H2,1-4H3. The van der Waals surface area contributed by atoms with Crippen LogP contribution in [-0.4, -0.2) is 12.6 Å². The molecule has 1 saturated carbocycles. The van der Waals surface area contributed by atoms with E-state index in [2.05, 4.69) is 39.1 Å². The second kappa shape index (κ2) is 5.19. The third-order valence-electron chi connectivity index (χ3n) is 4.00. The number of nitriles is 1. The molecule has 1 fully saturated rings. The maximum Gasteiger partial charge on any atom is 0.0621 e. The Bertz CT molecular complexity index is 260. The van der Waals surface area contributed by atoms with Crippen LogP contribution in [0.2, 0.25) is 0 Å². The summed E-state index contributed by atoms with van der Waals surface area (Å²) in [7, 11) is 0. The van der Waals surface area contributed by atoms with Gasteiger partial charge in [0, 0.05) is 19.0 Å². The topological polar surface area (TPSA) is 35.8 Å². The van der Waals surface area contributed by atoms with E-state index in [1.165, 1.54) is 19.3 Å². The van der Waals surface area contributed by atoms with Gasteiger partial charge < -0.3 is 5.32 Å². The average Bonchev–Trinajstić information content (AvgIpc) is 2.52. The third-order valence-corrected chi connectivity index (χ3v) is 4.00. The van der Waals surface area contributed by atoms with Crippen molar-refractivity contribution < 1.29 is 0 Å². The van der Waals surface area contributed by atoms with Crippen LogP contribution in [0.3, 0.4) is 0 Å². The van der Waals surface area contributed by atoms with Gasteiger partial charge in [0.25, 0.3) is 0 Å². The van der Waals surface area contributed by atoms with Gasteiger partial charge in [0.15, 0.2) is 0 Å². The lowest BCUT2D eigenvalue weighted by molar-refractivity contribution is 0.235. The Morgan fingerprint density at radius 1 is 1.44 bits per heavy atom. The molecular weight excluding hydrogens is 196 g/mol. The molecule has 0 amide bonds. The summed E-state index contributed by atoms with van der Waals surface area (Å²) in [6, 6.07) is 2.90. The zero-order valence-corrected chi connectivity index (χ0v) is 11.3. The van der Waals surface area contributed by atoms with Crippen molar-refractivity contribution in [2.75, 3.05) is 6.54 Å². The Balaban J connectivity index is 2.36. The predicted molar refractivity (Wildman–Crippen MR) is 68.1 cm³/mol. The molecule has 0 radical (unpaired) electrons. The van der Waals surface area contributed by atoms with Crippen molar-refractivity contribution >= 4 is 0 Å². The molecule has 2 heteroatoms. The predicted octanol–water partition coefficient (Wildman–Crippen LogP) is 3.48. The lowest BCUT2D eigenvalue weighted by Gasteiger charge is -2.32. The molecule has 0 saturated heterocycles. The van der Waals surface area contributed by atoms with Crippen LogP contribution in [0, 0.1) is 22.2 Å². The van der Waals surface area contributed by atoms with E-state index in [0.29, 0.717) is 17.9 Å². The first-order chi connectivity index (χ1) is 7.37. The highest BCUT2D eigenvalue weighted by atomic mass is 14.9. The second-order valence-electron chi connectivity index (χ2n) is 6.64. The van der Waals surface area contributed by atoms with Crippen LogP contribution < -0.4 is 5.32 Å². The fourth-order valence-corrected chi connectivity index (χ4v) is 2.59. The van der Waals surface area contributed by atoms with Crippen molar-refractivity contribution in [2.45, 2.75) is 65.8 Å². The largest absolute Gasteiger partial charge is 0.313 e. The molecule has 0 aliphatic heterocycles. The summed E-state index contributed by atoms with van der Waals surface area (Å²) in [5.74, 6) is 0. The molecule has 0 bridgehead atoms. The van der Waals surface area contributed by atoms with Crippen molar-refractivity contribution in [1.29, 1.82) is 5.26 Å². The summed E-state index contributed by atoms with van der Waals surface area (Å²) in [5, 5.41) is 12.3. The van der Waals surface area contributed by atoms with E-state index in [1.54, 1.807) is 0 Å². The highest BCUT2D eigenvalue weighted by Gasteiger charge is 2.34. The van der Waals surface area contributed by atoms with E-state index >= 15 is 0 Å². The van der Waals surface area contributed by atoms with E-state index in [-0.39, 0.29) is 5.41 Å². The molecule has 2 nitrogen and oxygen atoms in total. The Hall–Kier alpha value is -0.550. The molecule has 16 heavy (non-hydrogen) atoms. The molecule has 0 aromatic heterocycles. The number of hydrogen-bond donors (Lipinski definition) is 1. The number of nitrogens with zero attached hydrogens (tertiary/aromatic N) is 1. The summed E-state index contributed by atoms with van der Waals surface area (Å²) < 4.78 is 0. The SMILES string of the molecule is CC(C)(CCC#N)CNC1CCCC1(C)C. The lowest BCUT2D eigenvalue weighted by Crippen LogP contribution is -2.42. The van der Waals surface area contributed by atoms with Gasteiger partial charge in [0.05, 0.1) is 6.07 Å².